The summed E-state index contributed by atoms with van der Waals surface area (Å²) < 4.78 is 42.3. The molecule has 0 unspecified atom stereocenters. The monoisotopic (exact) mass is 865 g/mol. The highest BCUT2D eigenvalue weighted by atomic mass is 35.5. The van der Waals surface area contributed by atoms with Crippen LogP contribution >= 0.6 is 11.6 Å². The van der Waals surface area contributed by atoms with Crippen molar-refractivity contribution in [3.8, 4) is 17.2 Å². The number of piperazine rings is 1. The van der Waals surface area contributed by atoms with Crippen molar-refractivity contribution in [1.29, 1.82) is 0 Å². The van der Waals surface area contributed by atoms with Gasteiger partial charge in [0.1, 0.15) is 17.2 Å². The second kappa shape index (κ2) is 17.5. The van der Waals surface area contributed by atoms with Crippen LogP contribution in [0.4, 0.5) is 5.69 Å². The number of aryl methyl sites for hydroxylation is 1. The van der Waals surface area contributed by atoms with Crippen molar-refractivity contribution in [3.63, 3.8) is 0 Å². The molecular weight excluding hydrogens is 810 g/mol. The van der Waals surface area contributed by atoms with Gasteiger partial charge in [0.2, 0.25) is 0 Å². The van der Waals surface area contributed by atoms with Crippen molar-refractivity contribution < 1.29 is 27.8 Å². The van der Waals surface area contributed by atoms with E-state index in [4.69, 9.17) is 21.1 Å². The first kappa shape index (κ1) is 42.8. The second-order valence-corrected chi connectivity index (χ2v) is 20.3. The molecule has 1 aromatic heterocycles. The van der Waals surface area contributed by atoms with Gasteiger partial charge in [-0.05, 0) is 141 Å². The maximum atomic E-state index is 14.0. The molecule has 2 heterocycles. The van der Waals surface area contributed by atoms with Crippen LogP contribution in [-0.4, -0.2) is 79.5 Å². The van der Waals surface area contributed by atoms with E-state index in [-0.39, 0.29) is 21.6 Å². The molecule has 11 nitrogen and oxygen atoms in total. The molecule has 2 aliphatic carbocycles. The molecule has 322 valence electrons. The number of benzene rings is 4. The van der Waals surface area contributed by atoms with Crippen LogP contribution in [0.1, 0.15) is 87.2 Å². The van der Waals surface area contributed by atoms with Gasteiger partial charge in [-0.15, -0.1) is 0 Å². The summed E-state index contributed by atoms with van der Waals surface area (Å²) in [4.78, 5) is 18.7. The summed E-state index contributed by atoms with van der Waals surface area (Å²) in [6, 6.07) is 23.7. The van der Waals surface area contributed by atoms with Crippen molar-refractivity contribution in [2.75, 3.05) is 44.2 Å². The molecule has 61 heavy (non-hydrogen) atoms. The van der Waals surface area contributed by atoms with E-state index in [1.165, 1.54) is 28.8 Å². The number of H-pyrrole nitrogens is 1. The number of aromatic amines is 1. The number of sulfonamides is 1. The number of fused-ring (bicyclic) bond motifs is 1. The van der Waals surface area contributed by atoms with Crippen LogP contribution in [0.3, 0.4) is 0 Å². The Morgan fingerprint density at radius 3 is 2.43 bits per heavy atom. The summed E-state index contributed by atoms with van der Waals surface area (Å²) in [5.41, 5.74) is 6.16. The molecule has 8 rings (SSSR count). The molecule has 3 aliphatic rings. The minimum absolute atomic E-state index is 0.0486. The fourth-order valence-electron chi connectivity index (χ4n) is 8.89. The van der Waals surface area contributed by atoms with Crippen molar-refractivity contribution in [2.45, 2.75) is 83.1 Å². The quantitative estimate of drug-likeness (QED) is 0.112. The number of rotatable bonds is 12. The number of aromatic nitrogens is 2. The topological polar surface area (TPSA) is 137 Å². The van der Waals surface area contributed by atoms with E-state index in [1.54, 1.807) is 31.3 Å². The molecule has 1 saturated carbocycles. The van der Waals surface area contributed by atoms with E-state index >= 15 is 0 Å². The van der Waals surface area contributed by atoms with Crippen LogP contribution < -0.4 is 19.1 Å². The molecule has 0 bridgehead atoms. The zero-order valence-electron chi connectivity index (χ0n) is 35.5. The lowest BCUT2D eigenvalue weighted by molar-refractivity contribution is 0.00148. The van der Waals surface area contributed by atoms with E-state index in [0.29, 0.717) is 29.6 Å². The van der Waals surface area contributed by atoms with Crippen molar-refractivity contribution in [2.24, 2.45) is 11.3 Å². The number of nitrogens with one attached hydrogen (secondary N) is 2. The number of hydrogen-bond acceptors (Lipinski definition) is 9. The SMILES string of the molecule is Cc1cc(S(=O)(=O)NC(=O)c2ccc(N3CCN(CC4=C(c5ccc(Cl)cc5)CC(C)(C)CC4)CC3)cc2Oc2cccc3[nH]ncc23)ccc1OCC1CCC(C)(O)CC1. The smallest absolute Gasteiger partial charge is 0.268 e. The summed E-state index contributed by atoms with van der Waals surface area (Å²) in [6.45, 7) is 13.0. The van der Waals surface area contributed by atoms with Crippen LogP contribution in [-0.2, 0) is 10.0 Å². The van der Waals surface area contributed by atoms with Crippen molar-refractivity contribution in [1.82, 2.24) is 19.8 Å². The van der Waals surface area contributed by atoms with Gasteiger partial charge >= 0.3 is 0 Å². The number of allylic oxidation sites excluding steroid dienone is 1. The number of carbonyl (C=O) groups is 1. The minimum atomic E-state index is -4.27. The molecule has 13 heteroatoms. The van der Waals surface area contributed by atoms with Crippen molar-refractivity contribution in [3.05, 3.63) is 112 Å². The first-order valence-electron chi connectivity index (χ1n) is 21.3. The van der Waals surface area contributed by atoms with Crippen LogP contribution in [0.15, 0.2) is 95.5 Å². The fourth-order valence-corrected chi connectivity index (χ4v) is 10.1. The maximum absolute atomic E-state index is 14.0. The van der Waals surface area contributed by atoms with Gasteiger partial charge < -0.3 is 19.5 Å². The third-order valence-corrected chi connectivity index (χ3v) is 14.3. The van der Waals surface area contributed by atoms with E-state index in [9.17, 15) is 18.3 Å². The molecule has 5 aromatic rings. The zero-order valence-corrected chi connectivity index (χ0v) is 37.0. The van der Waals surface area contributed by atoms with Gasteiger partial charge in [0.05, 0.1) is 39.8 Å². The Bertz CT molecular complexity index is 2530. The molecule has 4 aromatic carbocycles. The maximum Gasteiger partial charge on any atom is 0.268 e. The standard InChI is InChI=1S/C48H56ClN5O6S/c1-32-26-38(13-15-43(32)59-31-33-16-20-48(4,56)21-17-33)61(57,58)52-46(55)39-14-12-37(27-45(39)60-44-7-5-6-42-41(44)29-50-51-42)54-24-22-53(23-25-54)30-35-18-19-47(2,3)28-40(35)34-8-10-36(49)11-9-34/h5-15,26-27,29,33,56H,16-25,28,30-31H2,1-4H3,(H,50,51)(H,52,55). The van der Waals surface area contributed by atoms with E-state index < -0.39 is 21.5 Å². The van der Waals surface area contributed by atoms with E-state index in [0.717, 1.165) is 99.3 Å². The van der Waals surface area contributed by atoms with Gasteiger partial charge in [-0.3, -0.25) is 14.8 Å². The summed E-state index contributed by atoms with van der Waals surface area (Å²) in [7, 11) is -4.27. The third-order valence-electron chi connectivity index (χ3n) is 12.7. The number of ether oxygens (including phenoxy) is 2. The Morgan fingerprint density at radius 2 is 1.69 bits per heavy atom. The average Bonchev–Trinajstić information content (AvgIpc) is 3.72. The predicted octanol–water partition coefficient (Wildman–Crippen LogP) is 9.54. The highest BCUT2D eigenvalue weighted by Crippen LogP contribution is 2.44. The Morgan fingerprint density at radius 1 is 0.934 bits per heavy atom. The Labute approximate surface area is 364 Å². The molecule has 0 radical (unpaired) electrons. The number of halogens is 1. The van der Waals surface area contributed by atoms with E-state index in [1.807, 2.05) is 43.3 Å². The van der Waals surface area contributed by atoms with E-state index in [2.05, 4.69) is 50.7 Å². The highest BCUT2D eigenvalue weighted by Gasteiger charge is 2.31. The minimum Gasteiger partial charge on any atom is -0.493 e. The van der Waals surface area contributed by atoms with Crippen LogP contribution in [0.5, 0.6) is 17.2 Å². The van der Waals surface area contributed by atoms with Crippen molar-refractivity contribution >= 4 is 49.7 Å². The molecule has 1 amide bonds. The number of carbonyl (C=O) groups excluding carboxylic acids is 1. The molecule has 0 atom stereocenters. The first-order valence-corrected chi connectivity index (χ1v) is 23.2. The van der Waals surface area contributed by atoms with Gasteiger partial charge in [-0.1, -0.05) is 49.2 Å². The lowest BCUT2D eigenvalue weighted by Gasteiger charge is -2.39. The summed E-state index contributed by atoms with van der Waals surface area (Å²) >= 11 is 6.25. The lowest BCUT2D eigenvalue weighted by atomic mass is 9.72. The molecule has 0 spiro atoms. The Hall–Kier alpha value is -4.88. The summed E-state index contributed by atoms with van der Waals surface area (Å²) in [5.74, 6) is 0.809. The van der Waals surface area contributed by atoms with Gasteiger partial charge in [-0.2, -0.15) is 5.10 Å². The van der Waals surface area contributed by atoms with Crippen LogP contribution in [0.2, 0.25) is 5.02 Å². The van der Waals surface area contributed by atoms with Gasteiger partial charge in [-0.25, -0.2) is 13.1 Å². The molecule has 1 aliphatic heterocycles. The number of amides is 1. The first-order chi connectivity index (χ1) is 29.1. The molecule has 3 N–H and O–H groups in total. The highest BCUT2D eigenvalue weighted by molar-refractivity contribution is 7.90. The number of aliphatic hydroxyl groups is 1. The molecule has 1 saturated heterocycles. The summed E-state index contributed by atoms with van der Waals surface area (Å²) in [6.07, 6.45) is 8.13. The molecular formula is C48H56ClN5O6S. The molecule has 2 fully saturated rings. The number of nitrogens with zero attached hydrogens (tertiary/aromatic N) is 3. The average molecular weight is 867 g/mol. The largest absolute Gasteiger partial charge is 0.493 e. The number of hydrogen-bond donors (Lipinski definition) is 3. The van der Waals surface area contributed by atoms with Crippen LogP contribution in [0.25, 0.3) is 16.5 Å². The van der Waals surface area contributed by atoms with Gasteiger partial charge in [0, 0.05) is 49.5 Å². The van der Waals surface area contributed by atoms with Gasteiger partial charge in [0.25, 0.3) is 15.9 Å². The van der Waals surface area contributed by atoms with Crippen LogP contribution in [0, 0.1) is 18.3 Å². The Kier molecular flexibility index (Phi) is 12.3. The Balaban J connectivity index is 0.981. The fraction of sp³-hybridized carbons (Fsp3) is 0.417. The van der Waals surface area contributed by atoms with Gasteiger partial charge in [0.15, 0.2) is 0 Å². The zero-order chi connectivity index (χ0) is 42.9. The summed E-state index contributed by atoms with van der Waals surface area (Å²) in [5, 5.41) is 18.9. The lowest BCUT2D eigenvalue weighted by Crippen LogP contribution is -2.47. The normalized spacial score (nSPS) is 21.1. The third kappa shape index (κ3) is 10.1. The predicted molar refractivity (Wildman–Crippen MR) is 241 cm³/mol. The second-order valence-electron chi connectivity index (χ2n) is 18.2. The number of anilines is 1.